The summed E-state index contributed by atoms with van der Waals surface area (Å²) in [5, 5.41) is 22.0. The Morgan fingerprint density at radius 3 is 1.90 bits per heavy atom. The second-order valence-corrected chi connectivity index (χ2v) is 6.57. The molecular formula is C22H12N2O7. The molecule has 1 aromatic heterocycles. The number of hydrogen-bond acceptors (Lipinski definition) is 7. The van der Waals surface area contributed by atoms with E-state index in [-0.39, 0.29) is 39.2 Å². The van der Waals surface area contributed by atoms with Crippen LogP contribution in [0, 0.1) is 20.2 Å². The number of para-hydroxylation sites is 1. The molecule has 0 bridgehead atoms. The van der Waals surface area contributed by atoms with E-state index in [0.29, 0.717) is 5.56 Å². The van der Waals surface area contributed by atoms with E-state index in [4.69, 9.17) is 4.42 Å². The van der Waals surface area contributed by atoms with Crippen LogP contribution in [0.3, 0.4) is 0 Å². The SMILES string of the molecule is O=C(c1ccc([N+](=O)[O-])cc1)c1c(-c2ccc([N+](=O)[O-])cc2)oc2ccccc2c1=O. The maximum atomic E-state index is 13.2. The average Bonchev–Trinajstić information content (AvgIpc) is 2.78. The van der Waals surface area contributed by atoms with Crippen LogP contribution < -0.4 is 5.43 Å². The summed E-state index contributed by atoms with van der Waals surface area (Å²) in [4.78, 5) is 47.1. The summed E-state index contributed by atoms with van der Waals surface area (Å²) in [5.41, 5.74) is -0.566. The monoisotopic (exact) mass is 416 g/mol. The van der Waals surface area contributed by atoms with E-state index in [1.807, 2.05) is 0 Å². The van der Waals surface area contributed by atoms with E-state index < -0.39 is 21.1 Å². The normalized spacial score (nSPS) is 10.7. The van der Waals surface area contributed by atoms with Crippen molar-refractivity contribution in [3.05, 3.63) is 114 Å². The van der Waals surface area contributed by atoms with Gasteiger partial charge in [-0.1, -0.05) is 12.1 Å². The molecule has 0 radical (unpaired) electrons. The molecule has 0 fully saturated rings. The summed E-state index contributed by atoms with van der Waals surface area (Å²) < 4.78 is 5.87. The first kappa shape index (κ1) is 19.6. The highest BCUT2D eigenvalue weighted by atomic mass is 16.6. The summed E-state index contributed by atoms with van der Waals surface area (Å²) in [5.74, 6) is -0.718. The van der Waals surface area contributed by atoms with E-state index in [2.05, 4.69) is 0 Å². The van der Waals surface area contributed by atoms with E-state index in [0.717, 1.165) is 0 Å². The van der Waals surface area contributed by atoms with Crippen molar-refractivity contribution in [1.82, 2.24) is 0 Å². The van der Waals surface area contributed by atoms with Crippen molar-refractivity contribution in [3.63, 3.8) is 0 Å². The van der Waals surface area contributed by atoms with Crippen LogP contribution in [0.1, 0.15) is 15.9 Å². The van der Waals surface area contributed by atoms with Crippen LogP contribution in [0.25, 0.3) is 22.3 Å². The van der Waals surface area contributed by atoms with Gasteiger partial charge in [-0.2, -0.15) is 0 Å². The van der Waals surface area contributed by atoms with Crippen molar-refractivity contribution >= 4 is 28.1 Å². The molecule has 3 aromatic carbocycles. The van der Waals surface area contributed by atoms with E-state index in [9.17, 15) is 29.8 Å². The van der Waals surface area contributed by atoms with Crippen molar-refractivity contribution < 1.29 is 19.1 Å². The molecule has 0 aliphatic carbocycles. The molecule has 9 nitrogen and oxygen atoms in total. The van der Waals surface area contributed by atoms with Gasteiger partial charge in [-0.25, -0.2) is 0 Å². The van der Waals surface area contributed by atoms with Crippen LogP contribution in [-0.2, 0) is 0 Å². The maximum Gasteiger partial charge on any atom is 0.269 e. The topological polar surface area (TPSA) is 134 Å². The molecule has 0 atom stereocenters. The summed E-state index contributed by atoms with van der Waals surface area (Å²) >= 11 is 0. The van der Waals surface area contributed by atoms with Crippen molar-refractivity contribution in [2.75, 3.05) is 0 Å². The van der Waals surface area contributed by atoms with Gasteiger partial charge in [0.05, 0.1) is 15.2 Å². The summed E-state index contributed by atoms with van der Waals surface area (Å²) in [6.07, 6.45) is 0. The molecule has 4 rings (SSSR count). The van der Waals surface area contributed by atoms with Crippen LogP contribution in [0.15, 0.2) is 82.0 Å². The molecule has 31 heavy (non-hydrogen) atoms. The Morgan fingerprint density at radius 1 is 0.774 bits per heavy atom. The molecule has 9 heteroatoms. The van der Waals surface area contributed by atoms with Gasteiger partial charge in [0.1, 0.15) is 16.9 Å². The smallest absolute Gasteiger partial charge is 0.269 e. The fourth-order valence-corrected chi connectivity index (χ4v) is 3.16. The molecule has 1 heterocycles. The number of rotatable bonds is 5. The van der Waals surface area contributed by atoms with Crippen LogP contribution >= 0.6 is 0 Å². The van der Waals surface area contributed by atoms with Gasteiger partial charge in [0, 0.05) is 35.4 Å². The van der Waals surface area contributed by atoms with Gasteiger partial charge in [0.15, 0.2) is 0 Å². The molecule has 0 aliphatic heterocycles. The fourth-order valence-electron chi connectivity index (χ4n) is 3.16. The Hall–Kier alpha value is -4.66. The minimum absolute atomic E-state index is 0.0399. The van der Waals surface area contributed by atoms with Crippen LogP contribution in [0.4, 0.5) is 11.4 Å². The highest BCUT2D eigenvalue weighted by Crippen LogP contribution is 2.29. The molecule has 0 aliphatic rings. The zero-order valence-electron chi connectivity index (χ0n) is 15.7. The number of non-ortho nitro benzene ring substituents is 2. The van der Waals surface area contributed by atoms with E-state index in [1.165, 1.54) is 54.6 Å². The number of carbonyl (C=O) groups excluding carboxylic acids is 1. The van der Waals surface area contributed by atoms with Crippen LogP contribution in [-0.4, -0.2) is 15.6 Å². The van der Waals surface area contributed by atoms with Crippen LogP contribution in [0.2, 0.25) is 0 Å². The Labute approximate surface area is 173 Å². The molecular weight excluding hydrogens is 404 g/mol. The molecule has 152 valence electrons. The molecule has 4 aromatic rings. The average molecular weight is 416 g/mol. The largest absolute Gasteiger partial charge is 0.455 e. The Morgan fingerprint density at radius 2 is 1.32 bits per heavy atom. The second-order valence-electron chi connectivity index (χ2n) is 6.57. The molecule has 0 saturated carbocycles. The van der Waals surface area contributed by atoms with Crippen molar-refractivity contribution in [2.24, 2.45) is 0 Å². The minimum Gasteiger partial charge on any atom is -0.455 e. The summed E-state index contributed by atoms with van der Waals surface area (Å²) in [6.45, 7) is 0. The second kappa shape index (κ2) is 7.64. The summed E-state index contributed by atoms with van der Waals surface area (Å²) in [6, 6.07) is 16.5. The minimum atomic E-state index is -0.678. The zero-order valence-corrected chi connectivity index (χ0v) is 15.7. The van der Waals surface area contributed by atoms with Gasteiger partial charge in [0.25, 0.3) is 11.4 Å². The van der Waals surface area contributed by atoms with Gasteiger partial charge in [-0.15, -0.1) is 0 Å². The Bertz CT molecular complexity index is 1410. The number of nitro groups is 2. The maximum absolute atomic E-state index is 13.2. The third kappa shape index (κ3) is 3.55. The standard InChI is InChI=1S/C22H12N2O7/c25-20(13-5-9-15(10-6-13)23(27)28)19-21(26)17-3-1-2-4-18(17)31-22(19)14-7-11-16(12-8-14)24(29)30/h1-12H. The van der Waals surface area contributed by atoms with Gasteiger partial charge < -0.3 is 4.42 Å². The van der Waals surface area contributed by atoms with Gasteiger partial charge in [0.2, 0.25) is 11.2 Å². The molecule has 0 amide bonds. The number of nitrogens with zero attached hydrogens (tertiary/aromatic N) is 2. The predicted octanol–water partition coefficient (Wildman–Crippen LogP) is 4.51. The number of carbonyl (C=O) groups is 1. The Balaban J connectivity index is 1.94. The van der Waals surface area contributed by atoms with Crippen molar-refractivity contribution in [3.8, 4) is 11.3 Å². The Kier molecular flexibility index (Phi) is 4.84. The lowest BCUT2D eigenvalue weighted by Gasteiger charge is -2.10. The highest BCUT2D eigenvalue weighted by molar-refractivity contribution is 6.13. The molecule has 0 saturated heterocycles. The lowest BCUT2D eigenvalue weighted by molar-refractivity contribution is -0.385. The van der Waals surface area contributed by atoms with E-state index in [1.54, 1.807) is 18.2 Å². The quantitative estimate of drug-likeness (QED) is 0.265. The number of fused-ring (bicyclic) bond motifs is 1. The summed E-state index contributed by atoms with van der Waals surface area (Å²) in [7, 11) is 0. The number of ketones is 1. The number of nitro benzene ring substituents is 2. The molecule has 0 spiro atoms. The first-order chi connectivity index (χ1) is 14.9. The third-order valence-corrected chi connectivity index (χ3v) is 4.71. The first-order valence-electron chi connectivity index (χ1n) is 8.96. The van der Waals surface area contributed by atoms with Gasteiger partial charge in [-0.3, -0.25) is 29.8 Å². The van der Waals surface area contributed by atoms with Crippen molar-refractivity contribution in [2.45, 2.75) is 0 Å². The van der Waals surface area contributed by atoms with Gasteiger partial charge >= 0.3 is 0 Å². The zero-order chi connectivity index (χ0) is 22.1. The van der Waals surface area contributed by atoms with Crippen molar-refractivity contribution in [1.29, 1.82) is 0 Å². The van der Waals surface area contributed by atoms with Crippen LogP contribution in [0.5, 0.6) is 0 Å². The first-order valence-corrected chi connectivity index (χ1v) is 8.96. The number of benzene rings is 3. The molecule has 0 N–H and O–H groups in total. The molecule has 0 unspecified atom stereocenters. The predicted molar refractivity (Wildman–Crippen MR) is 111 cm³/mol. The lowest BCUT2D eigenvalue weighted by atomic mass is 9.97. The fraction of sp³-hybridized carbons (Fsp3) is 0. The van der Waals surface area contributed by atoms with Gasteiger partial charge in [-0.05, 0) is 36.4 Å². The number of hydrogen-bond donors (Lipinski definition) is 0. The lowest BCUT2D eigenvalue weighted by Crippen LogP contribution is -2.18. The highest BCUT2D eigenvalue weighted by Gasteiger charge is 2.24. The van der Waals surface area contributed by atoms with E-state index >= 15 is 0 Å². The third-order valence-electron chi connectivity index (χ3n) is 4.71.